The second kappa shape index (κ2) is 3.48. The zero-order chi connectivity index (χ0) is 11.0. The number of benzene rings is 1. The van der Waals surface area contributed by atoms with E-state index in [1.54, 1.807) is 13.2 Å². The van der Waals surface area contributed by atoms with E-state index in [1.807, 2.05) is 13.0 Å². The molecule has 0 amide bonds. The third-order valence-corrected chi connectivity index (χ3v) is 2.74. The number of rotatable bonds is 1. The summed E-state index contributed by atoms with van der Waals surface area (Å²) in [5, 5.41) is 10.4. The van der Waals surface area contributed by atoms with Crippen molar-refractivity contribution in [1.29, 1.82) is 5.26 Å². The highest BCUT2D eigenvalue weighted by Gasteiger charge is 2.10. The van der Waals surface area contributed by atoms with Crippen LogP contribution in [0.5, 0.6) is 5.75 Å². The summed E-state index contributed by atoms with van der Waals surface area (Å²) in [4.78, 5) is 3.00. The summed E-state index contributed by atoms with van der Waals surface area (Å²) in [7, 11) is 1.57. The van der Waals surface area contributed by atoms with E-state index in [1.165, 1.54) is 0 Å². The molecule has 1 heterocycles. The van der Waals surface area contributed by atoms with Gasteiger partial charge in [-0.3, -0.25) is 0 Å². The predicted molar refractivity (Wildman–Crippen MR) is 59.3 cm³/mol. The fraction of sp³-hybridized carbons (Fsp3) is 0.182. The van der Waals surface area contributed by atoms with E-state index in [-0.39, 0.29) is 0 Å². The SMILES string of the molecule is COc1cc2c(C)c(C#N)[nH]c2cc1Cl. The Labute approximate surface area is 92.2 Å². The highest BCUT2D eigenvalue weighted by atomic mass is 35.5. The lowest BCUT2D eigenvalue weighted by molar-refractivity contribution is 0.415. The summed E-state index contributed by atoms with van der Waals surface area (Å²) in [6, 6.07) is 5.71. The number of aryl methyl sites for hydroxylation is 1. The van der Waals surface area contributed by atoms with Gasteiger partial charge < -0.3 is 9.72 Å². The topological polar surface area (TPSA) is 48.8 Å². The number of nitrogens with one attached hydrogen (secondary N) is 1. The number of fused-ring (bicyclic) bond motifs is 1. The number of H-pyrrole nitrogens is 1. The molecule has 15 heavy (non-hydrogen) atoms. The monoisotopic (exact) mass is 220 g/mol. The maximum atomic E-state index is 8.87. The molecule has 0 unspecified atom stereocenters. The van der Waals surface area contributed by atoms with E-state index in [0.717, 1.165) is 16.5 Å². The van der Waals surface area contributed by atoms with Gasteiger partial charge in [0.2, 0.25) is 0 Å². The second-order valence-electron chi connectivity index (χ2n) is 3.27. The van der Waals surface area contributed by atoms with E-state index < -0.39 is 0 Å². The number of methoxy groups -OCH3 is 1. The molecule has 4 heteroatoms. The number of nitrogens with zero attached hydrogens (tertiary/aromatic N) is 1. The molecule has 1 N–H and O–H groups in total. The second-order valence-corrected chi connectivity index (χ2v) is 3.68. The van der Waals surface area contributed by atoms with Gasteiger partial charge in [-0.05, 0) is 24.6 Å². The van der Waals surface area contributed by atoms with Crippen molar-refractivity contribution in [2.45, 2.75) is 6.92 Å². The number of aromatic amines is 1. The quantitative estimate of drug-likeness (QED) is 0.803. The van der Waals surface area contributed by atoms with Crippen molar-refractivity contribution in [1.82, 2.24) is 4.98 Å². The zero-order valence-electron chi connectivity index (χ0n) is 8.39. The van der Waals surface area contributed by atoms with Crippen LogP contribution in [0.4, 0.5) is 0 Å². The lowest BCUT2D eigenvalue weighted by Crippen LogP contribution is -1.83. The summed E-state index contributed by atoms with van der Waals surface area (Å²) in [6.07, 6.45) is 0. The smallest absolute Gasteiger partial charge is 0.138 e. The molecule has 76 valence electrons. The van der Waals surface area contributed by atoms with Gasteiger partial charge in [-0.15, -0.1) is 0 Å². The van der Waals surface area contributed by atoms with Crippen LogP contribution in [0.25, 0.3) is 10.9 Å². The molecule has 2 aromatic rings. The van der Waals surface area contributed by atoms with Crippen LogP contribution < -0.4 is 4.74 Å². The van der Waals surface area contributed by atoms with E-state index in [9.17, 15) is 0 Å². The third kappa shape index (κ3) is 1.43. The van der Waals surface area contributed by atoms with Gasteiger partial charge in [0.25, 0.3) is 0 Å². The minimum Gasteiger partial charge on any atom is -0.495 e. The molecule has 3 nitrogen and oxygen atoms in total. The lowest BCUT2D eigenvalue weighted by Gasteiger charge is -2.02. The van der Waals surface area contributed by atoms with E-state index >= 15 is 0 Å². The first-order valence-corrected chi connectivity index (χ1v) is 4.81. The molecule has 0 spiro atoms. The third-order valence-electron chi connectivity index (χ3n) is 2.44. The average molecular weight is 221 g/mol. The zero-order valence-corrected chi connectivity index (χ0v) is 9.14. The maximum Gasteiger partial charge on any atom is 0.138 e. The number of ether oxygens (including phenoxy) is 1. The first-order valence-electron chi connectivity index (χ1n) is 4.43. The van der Waals surface area contributed by atoms with Gasteiger partial charge >= 0.3 is 0 Å². The Morgan fingerprint density at radius 2 is 2.20 bits per heavy atom. The summed E-state index contributed by atoms with van der Waals surface area (Å²) >= 11 is 5.98. The molecule has 0 bridgehead atoms. The fourth-order valence-electron chi connectivity index (χ4n) is 1.60. The predicted octanol–water partition coefficient (Wildman–Crippen LogP) is 3.01. The minimum absolute atomic E-state index is 0.538. The summed E-state index contributed by atoms with van der Waals surface area (Å²) < 4.78 is 5.12. The van der Waals surface area contributed by atoms with Gasteiger partial charge in [-0.2, -0.15) is 5.26 Å². The molecule has 2 rings (SSSR count). The first kappa shape index (κ1) is 9.88. The van der Waals surface area contributed by atoms with Crippen LogP contribution in [-0.4, -0.2) is 12.1 Å². The van der Waals surface area contributed by atoms with Crippen LogP contribution in [0.2, 0.25) is 5.02 Å². The standard InChI is InChI=1S/C11H9ClN2O/c1-6-7-3-11(15-2)8(12)4-9(7)14-10(6)5-13/h3-4,14H,1-2H3. The van der Waals surface area contributed by atoms with Crippen LogP contribution in [0.15, 0.2) is 12.1 Å². The molecule has 0 atom stereocenters. The van der Waals surface area contributed by atoms with Gasteiger partial charge in [0.15, 0.2) is 0 Å². The van der Waals surface area contributed by atoms with E-state index in [4.69, 9.17) is 21.6 Å². The van der Waals surface area contributed by atoms with Crippen molar-refractivity contribution in [2.24, 2.45) is 0 Å². The van der Waals surface area contributed by atoms with Gasteiger partial charge in [-0.25, -0.2) is 0 Å². The minimum atomic E-state index is 0.538. The summed E-state index contributed by atoms with van der Waals surface area (Å²) in [5.74, 6) is 0.621. The van der Waals surface area contributed by atoms with Crippen molar-refractivity contribution in [2.75, 3.05) is 7.11 Å². The molecule has 0 aliphatic rings. The Kier molecular flexibility index (Phi) is 2.29. The Balaban J connectivity index is 2.81. The van der Waals surface area contributed by atoms with Crippen LogP contribution in [0.1, 0.15) is 11.3 Å². The number of hydrogen-bond donors (Lipinski definition) is 1. The van der Waals surface area contributed by atoms with E-state index in [0.29, 0.717) is 16.5 Å². The molecule has 0 saturated heterocycles. The van der Waals surface area contributed by atoms with Crippen molar-refractivity contribution < 1.29 is 4.74 Å². The van der Waals surface area contributed by atoms with Crippen LogP contribution in [0, 0.1) is 18.3 Å². The highest BCUT2D eigenvalue weighted by Crippen LogP contribution is 2.32. The first-order chi connectivity index (χ1) is 7.17. The van der Waals surface area contributed by atoms with Crippen molar-refractivity contribution >= 4 is 22.5 Å². The number of halogens is 1. The Bertz CT molecular complexity index is 566. The molecular formula is C11H9ClN2O. The van der Waals surface area contributed by atoms with Gasteiger partial charge in [0.05, 0.1) is 12.1 Å². The number of nitriles is 1. The molecule has 1 aromatic heterocycles. The molecule has 1 aromatic carbocycles. The normalized spacial score (nSPS) is 10.3. The van der Waals surface area contributed by atoms with Gasteiger partial charge in [-0.1, -0.05) is 11.6 Å². The number of hydrogen-bond acceptors (Lipinski definition) is 2. The van der Waals surface area contributed by atoms with Crippen LogP contribution in [-0.2, 0) is 0 Å². The Morgan fingerprint density at radius 1 is 1.47 bits per heavy atom. The van der Waals surface area contributed by atoms with Gasteiger partial charge in [0, 0.05) is 10.9 Å². The van der Waals surface area contributed by atoms with E-state index in [2.05, 4.69) is 11.1 Å². The molecule has 0 radical (unpaired) electrons. The molecular weight excluding hydrogens is 212 g/mol. The average Bonchev–Trinajstić information content (AvgIpc) is 2.54. The Hall–Kier alpha value is -1.66. The Morgan fingerprint density at radius 3 is 2.80 bits per heavy atom. The molecule has 0 fully saturated rings. The van der Waals surface area contributed by atoms with Gasteiger partial charge in [0.1, 0.15) is 17.5 Å². The number of aromatic nitrogens is 1. The van der Waals surface area contributed by atoms with Crippen molar-refractivity contribution in [3.8, 4) is 11.8 Å². The summed E-state index contributed by atoms with van der Waals surface area (Å²) in [6.45, 7) is 1.89. The van der Waals surface area contributed by atoms with Crippen LogP contribution >= 0.6 is 11.6 Å². The van der Waals surface area contributed by atoms with Crippen molar-refractivity contribution in [3.63, 3.8) is 0 Å². The van der Waals surface area contributed by atoms with Crippen molar-refractivity contribution in [3.05, 3.63) is 28.4 Å². The highest BCUT2D eigenvalue weighted by molar-refractivity contribution is 6.32. The fourth-order valence-corrected chi connectivity index (χ4v) is 1.84. The summed E-state index contributed by atoms with van der Waals surface area (Å²) in [5.41, 5.74) is 2.34. The maximum absolute atomic E-state index is 8.87. The molecule has 0 saturated carbocycles. The molecule has 0 aliphatic heterocycles. The van der Waals surface area contributed by atoms with Crippen LogP contribution in [0.3, 0.4) is 0 Å². The largest absolute Gasteiger partial charge is 0.495 e. The molecule has 0 aliphatic carbocycles. The lowest BCUT2D eigenvalue weighted by atomic mass is 10.1.